The first-order chi connectivity index (χ1) is 10.1. The van der Waals surface area contributed by atoms with Crippen molar-refractivity contribution in [2.75, 3.05) is 0 Å². The maximum absolute atomic E-state index is 10.3. The highest BCUT2D eigenvalue weighted by Crippen LogP contribution is 2.20. The molecule has 3 nitrogen and oxygen atoms in total. The van der Waals surface area contributed by atoms with Crippen molar-refractivity contribution >= 4 is 22.6 Å². The van der Waals surface area contributed by atoms with Crippen LogP contribution in [0.2, 0.25) is 5.02 Å². The number of hydrogen-bond donors (Lipinski definition) is 1. The van der Waals surface area contributed by atoms with Gasteiger partial charge in [0.15, 0.2) is 0 Å². The Bertz CT molecular complexity index is 766. The number of aliphatic hydroxyl groups excluding tert-OH is 1. The fourth-order valence-electron chi connectivity index (χ4n) is 2.52. The van der Waals surface area contributed by atoms with Gasteiger partial charge in [-0.1, -0.05) is 35.9 Å². The summed E-state index contributed by atoms with van der Waals surface area (Å²) in [6, 6.07) is 13.8. The zero-order valence-corrected chi connectivity index (χ0v) is 12.6. The van der Waals surface area contributed by atoms with Crippen molar-refractivity contribution < 1.29 is 5.11 Å². The molecule has 3 rings (SSSR count). The summed E-state index contributed by atoms with van der Waals surface area (Å²) < 4.78 is 1.97. The lowest BCUT2D eigenvalue weighted by Gasteiger charge is -2.13. The Balaban J connectivity index is 1.75. The summed E-state index contributed by atoms with van der Waals surface area (Å²) in [7, 11) is 0. The molecule has 4 heteroatoms. The maximum atomic E-state index is 10.3. The average Bonchev–Trinajstić information content (AvgIpc) is 2.85. The molecular weight excluding hydrogens is 284 g/mol. The quantitative estimate of drug-likeness (QED) is 0.799. The van der Waals surface area contributed by atoms with Crippen molar-refractivity contribution in [3.05, 3.63) is 64.9 Å². The van der Waals surface area contributed by atoms with E-state index in [2.05, 4.69) is 4.98 Å². The molecule has 3 aromatic rings. The lowest BCUT2D eigenvalue weighted by atomic mass is 10.1. The second kappa shape index (κ2) is 5.88. The molecule has 21 heavy (non-hydrogen) atoms. The number of halogens is 1. The molecule has 1 aromatic heterocycles. The van der Waals surface area contributed by atoms with Crippen LogP contribution in [0, 0.1) is 6.92 Å². The fraction of sp³-hybridized carbons (Fsp3) is 0.235. The summed E-state index contributed by atoms with van der Waals surface area (Å²) in [5.41, 5.74) is 4.07. The third kappa shape index (κ3) is 3.09. The Morgan fingerprint density at radius 2 is 2.05 bits per heavy atom. The minimum absolute atomic E-state index is 0.497. The first-order valence-electron chi connectivity index (χ1n) is 6.96. The number of para-hydroxylation sites is 2. The van der Waals surface area contributed by atoms with Gasteiger partial charge in [-0.2, -0.15) is 0 Å². The van der Waals surface area contributed by atoms with Gasteiger partial charge in [0.2, 0.25) is 0 Å². The van der Waals surface area contributed by atoms with Crippen molar-refractivity contribution in [3.63, 3.8) is 0 Å². The largest absolute Gasteiger partial charge is 0.391 e. The van der Waals surface area contributed by atoms with Crippen LogP contribution in [0.1, 0.15) is 11.1 Å². The van der Waals surface area contributed by atoms with Crippen LogP contribution in [0.15, 0.2) is 48.8 Å². The first-order valence-corrected chi connectivity index (χ1v) is 7.34. The van der Waals surface area contributed by atoms with Gasteiger partial charge < -0.3 is 9.67 Å². The number of nitrogens with zero attached hydrogens (tertiary/aromatic N) is 2. The van der Waals surface area contributed by atoms with E-state index in [-0.39, 0.29) is 0 Å². The van der Waals surface area contributed by atoms with Crippen molar-refractivity contribution in [1.29, 1.82) is 0 Å². The second-order valence-electron chi connectivity index (χ2n) is 5.34. The van der Waals surface area contributed by atoms with E-state index < -0.39 is 6.10 Å². The van der Waals surface area contributed by atoms with Crippen LogP contribution in [0.4, 0.5) is 0 Å². The lowest BCUT2D eigenvalue weighted by Crippen LogP contribution is -2.18. The Morgan fingerprint density at radius 1 is 1.24 bits per heavy atom. The SMILES string of the molecule is Cc1ccc(CC(O)Cn2cnc3ccccc32)c(Cl)c1. The number of aryl methyl sites for hydroxylation is 1. The van der Waals surface area contributed by atoms with Gasteiger partial charge in [0.05, 0.1) is 30.0 Å². The van der Waals surface area contributed by atoms with E-state index in [0.29, 0.717) is 18.0 Å². The average molecular weight is 301 g/mol. The molecule has 1 N–H and O–H groups in total. The number of aliphatic hydroxyl groups is 1. The molecule has 1 unspecified atom stereocenters. The molecule has 2 aromatic carbocycles. The fourth-order valence-corrected chi connectivity index (χ4v) is 2.83. The summed E-state index contributed by atoms with van der Waals surface area (Å²) in [5.74, 6) is 0. The molecule has 0 aliphatic rings. The summed E-state index contributed by atoms with van der Waals surface area (Å²) in [4.78, 5) is 4.33. The molecule has 0 radical (unpaired) electrons. The van der Waals surface area contributed by atoms with Gasteiger partial charge in [-0.15, -0.1) is 0 Å². The van der Waals surface area contributed by atoms with Gasteiger partial charge in [0.25, 0.3) is 0 Å². The molecule has 0 fully saturated rings. The van der Waals surface area contributed by atoms with Crippen LogP contribution in [0.3, 0.4) is 0 Å². The predicted molar refractivity (Wildman–Crippen MR) is 85.6 cm³/mol. The number of aromatic nitrogens is 2. The second-order valence-corrected chi connectivity index (χ2v) is 5.75. The van der Waals surface area contributed by atoms with Crippen molar-refractivity contribution in [3.8, 4) is 0 Å². The van der Waals surface area contributed by atoms with E-state index in [0.717, 1.165) is 22.2 Å². The number of benzene rings is 2. The van der Waals surface area contributed by atoms with E-state index >= 15 is 0 Å². The van der Waals surface area contributed by atoms with Gasteiger partial charge in [0.1, 0.15) is 0 Å². The van der Waals surface area contributed by atoms with Crippen molar-refractivity contribution in [1.82, 2.24) is 9.55 Å². The number of imidazole rings is 1. The van der Waals surface area contributed by atoms with Gasteiger partial charge in [-0.25, -0.2) is 4.98 Å². The highest BCUT2D eigenvalue weighted by atomic mass is 35.5. The minimum atomic E-state index is -0.497. The van der Waals surface area contributed by atoms with Gasteiger partial charge >= 0.3 is 0 Å². The Morgan fingerprint density at radius 3 is 2.86 bits per heavy atom. The van der Waals surface area contributed by atoms with Gasteiger partial charge in [-0.05, 0) is 36.2 Å². The van der Waals surface area contributed by atoms with E-state index in [1.165, 1.54) is 0 Å². The molecule has 1 heterocycles. The molecule has 0 saturated heterocycles. The summed E-state index contributed by atoms with van der Waals surface area (Å²) in [6.45, 7) is 2.51. The van der Waals surface area contributed by atoms with Crippen LogP contribution in [-0.4, -0.2) is 20.8 Å². The molecular formula is C17H17ClN2O. The smallest absolute Gasteiger partial charge is 0.0959 e. The van der Waals surface area contributed by atoms with E-state index in [1.54, 1.807) is 6.33 Å². The number of fused-ring (bicyclic) bond motifs is 1. The minimum Gasteiger partial charge on any atom is -0.391 e. The predicted octanol–water partition coefficient (Wildman–Crippen LogP) is 3.60. The standard InChI is InChI=1S/C17H17ClN2O/c1-12-6-7-13(15(18)8-12)9-14(21)10-20-11-19-16-4-2-3-5-17(16)20/h2-8,11,14,21H,9-10H2,1H3. The van der Waals surface area contributed by atoms with Crippen molar-refractivity contribution in [2.45, 2.75) is 26.0 Å². The Hall–Kier alpha value is -1.84. The van der Waals surface area contributed by atoms with E-state index in [9.17, 15) is 5.11 Å². The topological polar surface area (TPSA) is 38.0 Å². The zero-order chi connectivity index (χ0) is 14.8. The highest BCUT2D eigenvalue weighted by molar-refractivity contribution is 6.31. The van der Waals surface area contributed by atoms with Crippen LogP contribution in [0.5, 0.6) is 0 Å². The third-order valence-corrected chi connectivity index (χ3v) is 3.95. The highest BCUT2D eigenvalue weighted by Gasteiger charge is 2.11. The number of hydrogen-bond acceptors (Lipinski definition) is 2. The molecule has 0 aliphatic heterocycles. The van der Waals surface area contributed by atoms with Crippen LogP contribution in [-0.2, 0) is 13.0 Å². The normalized spacial score (nSPS) is 12.7. The van der Waals surface area contributed by atoms with E-state index in [4.69, 9.17) is 11.6 Å². The molecule has 108 valence electrons. The van der Waals surface area contributed by atoms with Crippen LogP contribution in [0.25, 0.3) is 11.0 Å². The molecule has 1 atom stereocenters. The van der Waals surface area contributed by atoms with Gasteiger partial charge in [0, 0.05) is 11.4 Å². The lowest BCUT2D eigenvalue weighted by molar-refractivity contribution is 0.155. The van der Waals surface area contributed by atoms with Gasteiger partial charge in [-0.3, -0.25) is 0 Å². The van der Waals surface area contributed by atoms with Crippen LogP contribution >= 0.6 is 11.6 Å². The zero-order valence-electron chi connectivity index (χ0n) is 11.8. The summed E-state index contributed by atoms with van der Waals surface area (Å²) >= 11 is 6.22. The monoisotopic (exact) mass is 300 g/mol. The molecule has 0 aliphatic carbocycles. The van der Waals surface area contributed by atoms with Crippen molar-refractivity contribution in [2.24, 2.45) is 0 Å². The van der Waals surface area contributed by atoms with Crippen LogP contribution < -0.4 is 0 Å². The Labute approximate surface area is 128 Å². The maximum Gasteiger partial charge on any atom is 0.0959 e. The summed E-state index contributed by atoms with van der Waals surface area (Å²) in [5, 5.41) is 11.0. The molecule has 0 bridgehead atoms. The summed E-state index contributed by atoms with van der Waals surface area (Å²) in [6.07, 6.45) is 1.80. The third-order valence-electron chi connectivity index (χ3n) is 3.60. The first kappa shape index (κ1) is 14.1. The molecule has 0 spiro atoms. The Kier molecular flexibility index (Phi) is 3.95. The molecule has 0 amide bonds. The van der Waals surface area contributed by atoms with E-state index in [1.807, 2.05) is 54.0 Å². The molecule has 0 saturated carbocycles. The number of rotatable bonds is 4.